The van der Waals surface area contributed by atoms with Gasteiger partial charge in [-0.2, -0.15) is 0 Å². The van der Waals surface area contributed by atoms with Crippen LogP contribution in [-0.4, -0.2) is 12.8 Å². The summed E-state index contributed by atoms with van der Waals surface area (Å²) in [5, 5.41) is 0. The van der Waals surface area contributed by atoms with E-state index in [1.807, 2.05) is 25.1 Å². The summed E-state index contributed by atoms with van der Waals surface area (Å²) in [6, 6.07) is 5.51. The molecule has 0 saturated carbocycles. The number of benzene rings is 1. The van der Waals surface area contributed by atoms with Crippen LogP contribution in [0.1, 0.15) is 25.5 Å². The summed E-state index contributed by atoms with van der Waals surface area (Å²) >= 11 is 0. The SMILES string of the molecule is CC(=O)OC(C)c1ccc2c(c1)OCO2. The Labute approximate surface area is 87.8 Å². The molecule has 0 bridgehead atoms. The predicted molar refractivity (Wildman–Crippen MR) is 52.7 cm³/mol. The van der Waals surface area contributed by atoms with Gasteiger partial charge >= 0.3 is 5.97 Å². The van der Waals surface area contributed by atoms with Gasteiger partial charge in [-0.05, 0) is 24.6 Å². The highest BCUT2D eigenvalue weighted by atomic mass is 16.7. The van der Waals surface area contributed by atoms with Crippen LogP contribution < -0.4 is 9.47 Å². The highest BCUT2D eigenvalue weighted by Gasteiger charge is 2.16. The van der Waals surface area contributed by atoms with Gasteiger partial charge in [-0.25, -0.2) is 0 Å². The van der Waals surface area contributed by atoms with E-state index in [0.717, 1.165) is 11.3 Å². The molecule has 4 heteroatoms. The smallest absolute Gasteiger partial charge is 0.303 e. The Morgan fingerprint density at radius 1 is 1.40 bits per heavy atom. The largest absolute Gasteiger partial charge is 0.458 e. The molecule has 0 N–H and O–H groups in total. The molecule has 0 fully saturated rings. The zero-order chi connectivity index (χ0) is 10.8. The lowest BCUT2D eigenvalue weighted by molar-refractivity contribution is -0.145. The number of hydrogen-bond donors (Lipinski definition) is 0. The summed E-state index contributed by atoms with van der Waals surface area (Å²) < 4.78 is 15.5. The fourth-order valence-electron chi connectivity index (χ4n) is 1.48. The first-order chi connectivity index (χ1) is 7.16. The Hall–Kier alpha value is -1.71. The topological polar surface area (TPSA) is 44.8 Å². The Morgan fingerprint density at radius 3 is 2.87 bits per heavy atom. The lowest BCUT2D eigenvalue weighted by atomic mass is 10.1. The van der Waals surface area contributed by atoms with Gasteiger partial charge in [-0.3, -0.25) is 4.79 Å². The quantitative estimate of drug-likeness (QED) is 0.697. The number of fused-ring (bicyclic) bond motifs is 1. The van der Waals surface area contributed by atoms with Crippen molar-refractivity contribution in [2.24, 2.45) is 0 Å². The molecule has 0 spiro atoms. The number of rotatable bonds is 2. The maximum atomic E-state index is 10.8. The molecule has 0 aromatic heterocycles. The maximum Gasteiger partial charge on any atom is 0.303 e. The second-order valence-corrected chi connectivity index (χ2v) is 3.36. The van der Waals surface area contributed by atoms with Crippen molar-refractivity contribution in [3.8, 4) is 11.5 Å². The van der Waals surface area contributed by atoms with E-state index >= 15 is 0 Å². The van der Waals surface area contributed by atoms with Gasteiger partial charge in [-0.15, -0.1) is 0 Å². The van der Waals surface area contributed by atoms with Crippen LogP contribution in [0.5, 0.6) is 11.5 Å². The molecular formula is C11H12O4. The molecule has 15 heavy (non-hydrogen) atoms. The number of esters is 1. The molecule has 1 aromatic rings. The summed E-state index contributed by atoms with van der Waals surface area (Å²) in [7, 11) is 0. The van der Waals surface area contributed by atoms with Crippen LogP contribution in [-0.2, 0) is 9.53 Å². The Morgan fingerprint density at radius 2 is 2.13 bits per heavy atom. The Bertz CT molecular complexity index is 386. The van der Waals surface area contributed by atoms with Gasteiger partial charge in [0.2, 0.25) is 6.79 Å². The molecule has 1 aliphatic heterocycles. The van der Waals surface area contributed by atoms with Gasteiger partial charge < -0.3 is 14.2 Å². The van der Waals surface area contributed by atoms with Crippen molar-refractivity contribution < 1.29 is 19.0 Å². The number of carbonyl (C=O) groups is 1. The summed E-state index contributed by atoms with van der Waals surface area (Å²) in [6.45, 7) is 3.46. The van der Waals surface area contributed by atoms with Crippen molar-refractivity contribution in [1.82, 2.24) is 0 Å². The fraction of sp³-hybridized carbons (Fsp3) is 0.364. The Balaban J connectivity index is 2.19. The van der Waals surface area contributed by atoms with Gasteiger partial charge in [0.1, 0.15) is 6.10 Å². The number of hydrogen-bond acceptors (Lipinski definition) is 4. The maximum absolute atomic E-state index is 10.8. The second-order valence-electron chi connectivity index (χ2n) is 3.36. The van der Waals surface area contributed by atoms with Gasteiger partial charge in [0.25, 0.3) is 0 Å². The van der Waals surface area contributed by atoms with Gasteiger partial charge in [0.05, 0.1) is 0 Å². The first-order valence-electron chi connectivity index (χ1n) is 4.73. The van der Waals surface area contributed by atoms with Crippen LogP contribution in [0.4, 0.5) is 0 Å². The zero-order valence-corrected chi connectivity index (χ0v) is 8.65. The van der Waals surface area contributed by atoms with Crippen LogP contribution in [0.2, 0.25) is 0 Å². The van der Waals surface area contributed by atoms with Crippen molar-refractivity contribution in [1.29, 1.82) is 0 Å². The highest BCUT2D eigenvalue weighted by Crippen LogP contribution is 2.34. The second kappa shape index (κ2) is 3.81. The average molecular weight is 208 g/mol. The summed E-state index contributed by atoms with van der Waals surface area (Å²) in [6.07, 6.45) is -0.267. The minimum Gasteiger partial charge on any atom is -0.458 e. The summed E-state index contributed by atoms with van der Waals surface area (Å²) in [4.78, 5) is 10.8. The molecule has 0 radical (unpaired) electrons. The van der Waals surface area contributed by atoms with E-state index < -0.39 is 0 Å². The van der Waals surface area contributed by atoms with Gasteiger partial charge in [0.15, 0.2) is 11.5 Å². The molecule has 80 valence electrons. The van der Waals surface area contributed by atoms with E-state index in [-0.39, 0.29) is 18.9 Å². The Kier molecular flexibility index (Phi) is 2.49. The minimum atomic E-state index is -0.292. The molecule has 0 aliphatic carbocycles. The molecule has 0 saturated heterocycles. The minimum absolute atomic E-state index is 0.251. The molecule has 1 unspecified atom stereocenters. The molecular weight excluding hydrogens is 196 g/mol. The fourth-order valence-corrected chi connectivity index (χ4v) is 1.48. The van der Waals surface area contributed by atoms with Crippen molar-refractivity contribution in [2.45, 2.75) is 20.0 Å². The lowest BCUT2D eigenvalue weighted by Crippen LogP contribution is -2.04. The standard InChI is InChI=1S/C11H12O4/c1-7(15-8(2)12)9-3-4-10-11(5-9)14-6-13-10/h3-5,7H,6H2,1-2H3. The summed E-state index contributed by atoms with van der Waals surface area (Å²) in [5.74, 6) is 1.14. The van der Waals surface area contributed by atoms with Gasteiger partial charge in [0, 0.05) is 6.92 Å². The molecule has 1 heterocycles. The third kappa shape index (κ3) is 2.03. The van der Waals surface area contributed by atoms with E-state index in [1.54, 1.807) is 0 Å². The molecule has 2 rings (SSSR count). The molecule has 1 atom stereocenters. The zero-order valence-electron chi connectivity index (χ0n) is 8.65. The average Bonchev–Trinajstić information content (AvgIpc) is 2.62. The van der Waals surface area contributed by atoms with E-state index in [9.17, 15) is 4.79 Å². The third-order valence-corrected chi connectivity index (χ3v) is 2.21. The van der Waals surface area contributed by atoms with Crippen LogP contribution in [0.3, 0.4) is 0 Å². The molecule has 1 aliphatic rings. The lowest BCUT2D eigenvalue weighted by Gasteiger charge is -2.12. The van der Waals surface area contributed by atoms with Crippen LogP contribution in [0.25, 0.3) is 0 Å². The van der Waals surface area contributed by atoms with Crippen molar-refractivity contribution >= 4 is 5.97 Å². The van der Waals surface area contributed by atoms with E-state index in [0.29, 0.717) is 5.75 Å². The molecule has 1 aromatic carbocycles. The van der Waals surface area contributed by atoms with E-state index in [4.69, 9.17) is 14.2 Å². The van der Waals surface area contributed by atoms with E-state index in [1.165, 1.54) is 6.92 Å². The van der Waals surface area contributed by atoms with Crippen molar-refractivity contribution in [3.05, 3.63) is 23.8 Å². The van der Waals surface area contributed by atoms with Crippen LogP contribution in [0.15, 0.2) is 18.2 Å². The monoisotopic (exact) mass is 208 g/mol. The third-order valence-electron chi connectivity index (χ3n) is 2.21. The summed E-state index contributed by atoms with van der Waals surface area (Å²) in [5.41, 5.74) is 0.898. The van der Waals surface area contributed by atoms with Crippen molar-refractivity contribution in [2.75, 3.05) is 6.79 Å². The van der Waals surface area contributed by atoms with Crippen molar-refractivity contribution in [3.63, 3.8) is 0 Å². The number of ether oxygens (including phenoxy) is 3. The molecule has 4 nitrogen and oxygen atoms in total. The van der Waals surface area contributed by atoms with E-state index in [2.05, 4.69) is 0 Å². The molecule has 0 amide bonds. The van der Waals surface area contributed by atoms with Gasteiger partial charge in [-0.1, -0.05) is 6.07 Å². The number of carbonyl (C=O) groups excluding carboxylic acids is 1. The first kappa shape index (κ1) is 9.83. The van der Waals surface area contributed by atoms with Crippen LogP contribution >= 0.6 is 0 Å². The van der Waals surface area contributed by atoms with Crippen LogP contribution in [0, 0.1) is 0 Å². The highest BCUT2D eigenvalue weighted by molar-refractivity contribution is 5.66. The normalized spacial score (nSPS) is 14.8. The first-order valence-corrected chi connectivity index (χ1v) is 4.73. The predicted octanol–water partition coefficient (Wildman–Crippen LogP) is 2.04.